The van der Waals surface area contributed by atoms with Crippen LogP contribution >= 0.6 is 0 Å². The lowest BCUT2D eigenvalue weighted by atomic mass is 9.81. The van der Waals surface area contributed by atoms with Gasteiger partial charge < -0.3 is 42.3 Å². The number of likely N-dealkylation sites (N-methyl/N-ethyl adjacent to an activating group) is 3. The number of fused-ring (bicyclic) bond motifs is 3. The van der Waals surface area contributed by atoms with Gasteiger partial charge in [0.2, 0.25) is 0 Å². The number of nitrogens with two attached hydrogens (primary N) is 1. The Labute approximate surface area is 191 Å². The highest BCUT2D eigenvalue weighted by atomic mass is 35.5. The molecule has 0 unspecified atom stereocenters. The van der Waals surface area contributed by atoms with Crippen molar-refractivity contribution in [2.24, 2.45) is 5.73 Å². The number of carbonyl (C=O) groups is 2. The standard InChI is InChI=1S/C15H21N3O2.C6H14N2O2.ClH/c1-15-7-8-17(3)13(15)18(4)12-6-5-10(9-11(12)15)20-14(19)16-2;1-8(2,3)4-5-10-6(7)9;/h5-6,9,13H,7-8H2,1-4H3,(H,16,19);4-5H2,1-3H3,(H-,7,9);1H/t13-,15+;;/m1../s1. The van der Waals surface area contributed by atoms with Crippen molar-refractivity contribution in [3.8, 4) is 5.75 Å². The highest BCUT2D eigenvalue weighted by Crippen LogP contribution is 2.51. The summed E-state index contributed by atoms with van der Waals surface area (Å²) in [7, 11) is 11.9. The first-order valence-corrected chi connectivity index (χ1v) is 10.1. The SMILES string of the molecule is CNC(=O)Oc1ccc2c(c1)[C@]1(C)CCN(C)[C@@H]1N2C.C[N+](C)(C)CCOC(N)=O.[Cl-]. The summed E-state index contributed by atoms with van der Waals surface area (Å²) in [6, 6.07) is 5.92. The number of amides is 2. The van der Waals surface area contributed by atoms with Gasteiger partial charge in [-0.1, -0.05) is 6.92 Å². The maximum absolute atomic E-state index is 11.4. The number of nitrogens with zero attached hydrogens (tertiary/aromatic N) is 3. The van der Waals surface area contributed by atoms with Crippen molar-refractivity contribution in [1.29, 1.82) is 0 Å². The number of rotatable bonds is 4. The van der Waals surface area contributed by atoms with Crippen LogP contribution in [0.5, 0.6) is 5.75 Å². The van der Waals surface area contributed by atoms with Crippen LogP contribution in [0.3, 0.4) is 0 Å². The summed E-state index contributed by atoms with van der Waals surface area (Å²) in [6.45, 7) is 4.56. The Hall–Kier alpha value is -2.23. The second-order valence-corrected chi connectivity index (χ2v) is 9.13. The van der Waals surface area contributed by atoms with E-state index in [9.17, 15) is 9.59 Å². The van der Waals surface area contributed by atoms with Gasteiger partial charge in [-0.15, -0.1) is 0 Å². The molecule has 0 spiro atoms. The van der Waals surface area contributed by atoms with E-state index in [0.29, 0.717) is 18.5 Å². The Morgan fingerprint density at radius 3 is 2.48 bits per heavy atom. The van der Waals surface area contributed by atoms with Crippen molar-refractivity contribution >= 4 is 17.9 Å². The molecule has 0 aromatic heterocycles. The van der Waals surface area contributed by atoms with Gasteiger partial charge >= 0.3 is 12.2 Å². The van der Waals surface area contributed by atoms with Gasteiger partial charge in [-0.2, -0.15) is 0 Å². The fourth-order valence-corrected chi connectivity index (χ4v) is 4.20. The zero-order valence-corrected chi connectivity index (χ0v) is 20.3. The summed E-state index contributed by atoms with van der Waals surface area (Å²) < 4.78 is 10.6. The minimum absolute atomic E-state index is 0. The van der Waals surface area contributed by atoms with E-state index >= 15 is 0 Å². The van der Waals surface area contributed by atoms with E-state index in [-0.39, 0.29) is 17.8 Å². The van der Waals surface area contributed by atoms with Crippen molar-refractivity contribution in [1.82, 2.24) is 10.2 Å². The zero-order valence-electron chi connectivity index (χ0n) is 19.6. The molecule has 0 aliphatic carbocycles. The molecule has 0 radical (unpaired) electrons. The molecule has 2 atom stereocenters. The highest BCUT2D eigenvalue weighted by Gasteiger charge is 2.52. The molecule has 1 saturated heterocycles. The minimum Gasteiger partial charge on any atom is -1.00 e. The Kier molecular flexibility index (Phi) is 8.98. The summed E-state index contributed by atoms with van der Waals surface area (Å²) in [6.07, 6.45) is 0.373. The average molecular weight is 458 g/mol. The molecule has 2 amide bonds. The second kappa shape index (κ2) is 10.4. The molecule has 2 aliphatic rings. The van der Waals surface area contributed by atoms with Crippen molar-refractivity contribution in [2.45, 2.75) is 24.9 Å². The fourth-order valence-electron chi connectivity index (χ4n) is 4.20. The number of likely N-dealkylation sites (tertiary alicyclic amines) is 1. The lowest BCUT2D eigenvalue weighted by Crippen LogP contribution is -3.00. The predicted molar refractivity (Wildman–Crippen MR) is 117 cm³/mol. The van der Waals surface area contributed by atoms with E-state index in [1.807, 2.05) is 39.3 Å². The van der Waals surface area contributed by atoms with Crippen LogP contribution in [0.1, 0.15) is 18.9 Å². The van der Waals surface area contributed by atoms with Gasteiger partial charge in [0.05, 0.1) is 27.3 Å². The third-order valence-corrected chi connectivity index (χ3v) is 5.72. The molecule has 2 aliphatic heterocycles. The first-order chi connectivity index (χ1) is 13.9. The molecule has 9 nitrogen and oxygen atoms in total. The summed E-state index contributed by atoms with van der Waals surface area (Å²) in [5.41, 5.74) is 7.36. The third kappa shape index (κ3) is 6.38. The molecular weight excluding hydrogens is 422 g/mol. The number of hydrogen-bond donors (Lipinski definition) is 2. The molecule has 1 aromatic rings. The second-order valence-electron chi connectivity index (χ2n) is 9.13. The van der Waals surface area contributed by atoms with Crippen molar-refractivity contribution in [3.63, 3.8) is 0 Å². The van der Waals surface area contributed by atoms with Crippen LogP contribution in [0.2, 0.25) is 0 Å². The third-order valence-electron chi connectivity index (χ3n) is 5.72. The molecule has 176 valence electrons. The Morgan fingerprint density at radius 2 is 1.94 bits per heavy atom. The zero-order chi connectivity index (χ0) is 22.7. The van der Waals surface area contributed by atoms with E-state index in [1.54, 1.807) is 7.05 Å². The van der Waals surface area contributed by atoms with Crippen molar-refractivity contribution in [2.75, 3.05) is 66.9 Å². The number of anilines is 1. The van der Waals surface area contributed by atoms with Crippen LogP contribution in [0.25, 0.3) is 0 Å². The lowest BCUT2D eigenvalue weighted by molar-refractivity contribution is -0.870. The number of primary amides is 1. The molecule has 2 heterocycles. The predicted octanol–water partition coefficient (Wildman–Crippen LogP) is -1.43. The van der Waals surface area contributed by atoms with Crippen LogP contribution in [0.15, 0.2) is 18.2 Å². The first kappa shape index (κ1) is 26.8. The summed E-state index contributed by atoms with van der Waals surface area (Å²) in [5.74, 6) is 0.605. The quantitative estimate of drug-likeness (QED) is 0.538. The van der Waals surface area contributed by atoms with Crippen LogP contribution in [-0.4, -0.2) is 89.7 Å². The molecular formula is C21H36ClN5O4. The molecule has 31 heavy (non-hydrogen) atoms. The van der Waals surface area contributed by atoms with E-state index in [2.05, 4.69) is 40.9 Å². The monoisotopic (exact) mass is 457 g/mol. The largest absolute Gasteiger partial charge is 1.00 e. The smallest absolute Gasteiger partial charge is 0.412 e. The summed E-state index contributed by atoms with van der Waals surface area (Å²) >= 11 is 0. The normalized spacial score (nSPS) is 21.8. The van der Waals surface area contributed by atoms with E-state index in [4.69, 9.17) is 10.5 Å². The van der Waals surface area contributed by atoms with Gasteiger partial charge in [0.1, 0.15) is 18.9 Å². The van der Waals surface area contributed by atoms with E-state index < -0.39 is 12.2 Å². The van der Waals surface area contributed by atoms with Gasteiger partial charge in [0.15, 0.2) is 0 Å². The lowest BCUT2D eigenvalue weighted by Gasteiger charge is -2.32. The summed E-state index contributed by atoms with van der Waals surface area (Å²) in [5, 5.41) is 2.47. The van der Waals surface area contributed by atoms with E-state index in [0.717, 1.165) is 24.0 Å². The van der Waals surface area contributed by atoms with E-state index in [1.165, 1.54) is 11.3 Å². The van der Waals surface area contributed by atoms with Gasteiger partial charge in [-0.3, -0.25) is 4.90 Å². The first-order valence-electron chi connectivity index (χ1n) is 10.1. The fraction of sp³-hybridized carbons (Fsp3) is 0.619. The Morgan fingerprint density at radius 1 is 1.29 bits per heavy atom. The highest BCUT2D eigenvalue weighted by molar-refractivity contribution is 5.72. The molecule has 10 heteroatoms. The maximum atomic E-state index is 11.4. The summed E-state index contributed by atoms with van der Waals surface area (Å²) in [4.78, 5) is 26.1. The Balaban J connectivity index is 0.000000376. The van der Waals surface area contributed by atoms with Crippen molar-refractivity contribution < 1.29 is 36.0 Å². The van der Waals surface area contributed by atoms with Crippen LogP contribution in [-0.2, 0) is 10.2 Å². The number of quaternary nitrogens is 1. The Bertz CT molecular complexity index is 786. The maximum Gasteiger partial charge on any atom is 0.412 e. The van der Waals surface area contributed by atoms with Crippen LogP contribution in [0.4, 0.5) is 15.3 Å². The number of benzene rings is 1. The number of nitrogens with one attached hydrogen (secondary N) is 1. The molecule has 3 N–H and O–H groups in total. The van der Waals surface area contributed by atoms with Crippen molar-refractivity contribution in [3.05, 3.63) is 23.8 Å². The van der Waals surface area contributed by atoms with Gasteiger partial charge in [-0.25, -0.2) is 9.59 Å². The van der Waals surface area contributed by atoms with Gasteiger partial charge in [0.25, 0.3) is 0 Å². The minimum atomic E-state index is -0.701. The number of hydrogen-bond acceptors (Lipinski definition) is 6. The van der Waals surface area contributed by atoms with Crippen LogP contribution < -0.4 is 33.1 Å². The molecule has 1 fully saturated rings. The number of halogens is 1. The van der Waals surface area contributed by atoms with Gasteiger partial charge in [-0.05, 0) is 37.2 Å². The molecule has 0 bridgehead atoms. The van der Waals surface area contributed by atoms with Crippen LogP contribution in [0, 0.1) is 0 Å². The molecule has 3 rings (SSSR count). The number of ether oxygens (including phenoxy) is 2. The number of carbonyl (C=O) groups excluding carboxylic acids is 2. The molecule has 1 aromatic carbocycles. The van der Waals surface area contributed by atoms with Gasteiger partial charge in [0, 0.05) is 31.7 Å². The topological polar surface area (TPSA) is 97.1 Å². The average Bonchev–Trinajstić information content (AvgIpc) is 3.06. The molecule has 0 saturated carbocycles.